The molecule has 0 heterocycles. The molecule has 0 aliphatic carbocycles. The van der Waals surface area contributed by atoms with Crippen LogP contribution in [0, 0.1) is 13.8 Å². The molecule has 148 valence electrons. The average molecular weight is 430 g/mol. The van der Waals surface area contributed by atoms with Crippen molar-refractivity contribution in [1.82, 2.24) is 0 Å². The maximum Gasteiger partial charge on any atom is 0.336 e. The quantitative estimate of drug-likeness (QED) is 0.494. The number of carbonyl (C=O) groups is 2. The molecule has 0 aliphatic heterocycles. The Bertz CT molecular complexity index is 1090. The van der Waals surface area contributed by atoms with Gasteiger partial charge in [-0.2, -0.15) is 0 Å². The highest BCUT2D eigenvalue weighted by atomic mass is 35.5. The van der Waals surface area contributed by atoms with Crippen molar-refractivity contribution in [2.24, 2.45) is 0 Å². The monoisotopic (exact) mass is 429 g/mol. The van der Waals surface area contributed by atoms with Gasteiger partial charge in [0.15, 0.2) is 0 Å². The molecule has 0 unspecified atom stereocenters. The summed E-state index contributed by atoms with van der Waals surface area (Å²) in [7, 11) is 0. The normalized spacial score (nSPS) is 10.5. The van der Waals surface area contributed by atoms with E-state index in [1.807, 2.05) is 32.0 Å². The van der Waals surface area contributed by atoms with Crippen LogP contribution in [0.5, 0.6) is 11.5 Å². The summed E-state index contributed by atoms with van der Waals surface area (Å²) in [6, 6.07) is 15.0. The molecule has 0 aliphatic rings. The fourth-order valence-corrected chi connectivity index (χ4v) is 3.01. The third-order valence-electron chi connectivity index (χ3n) is 4.43. The Labute approximate surface area is 177 Å². The first-order valence-electron chi connectivity index (χ1n) is 8.64. The van der Waals surface area contributed by atoms with Crippen molar-refractivity contribution < 1.29 is 19.4 Å². The van der Waals surface area contributed by atoms with Crippen LogP contribution in [0.4, 0.5) is 5.69 Å². The van der Waals surface area contributed by atoms with Gasteiger partial charge < -0.3 is 15.2 Å². The molecule has 29 heavy (non-hydrogen) atoms. The third-order valence-corrected chi connectivity index (χ3v) is 5.15. The van der Waals surface area contributed by atoms with E-state index in [0.29, 0.717) is 11.4 Å². The molecular formula is C22H17Cl2NO4. The van der Waals surface area contributed by atoms with Crippen LogP contribution in [-0.2, 0) is 0 Å². The number of nitrogens with one attached hydrogen (secondary N) is 1. The molecule has 0 saturated carbocycles. The number of carboxylic acid groups (broad SMARTS) is 1. The minimum Gasteiger partial charge on any atom is -0.478 e. The number of carboxylic acids is 1. The first-order valence-corrected chi connectivity index (χ1v) is 9.39. The van der Waals surface area contributed by atoms with Crippen LogP contribution in [0.15, 0.2) is 54.6 Å². The lowest BCUT2D eigenvalue weighted by Gasteiger charge is -2.12. The minimum absolute atomic E-state index is 0.0635. The molecule has 0 radical (unpaired) electrons. The lowest BCUT2D eigenvalue weighted by molar-refractivity contribution is 0.0692. The zero-order valence-electron chi connectivity index (χ0n) is 15.6. The van der Waals surface area contributed by atoms with E-state index in [4.69, 9.17) is 27.9 Å². The predicted octanol–water partition coefficient (Wildman–Crippen LogP) is 6.35. The molecule has 7 heteroatoms. The number of halogens is 2. The fourth-order valence-electron chi connectivity index (χ4n) is 2.68. The van der Waals surface area contributed by atoms with Crippen LogP contribution in [0.1, 0.15) is 31.8 Å². The lowest BCUT2D eigenvalue weighted by Crippen LogP contribution is -2.16. The van der Waals surface area contributed by atoms with Gasteiger partial charge in [-0.25, -0.2) is 4.79 Å². The number of ether oxygens (including phenoxy) is 1. The lowest BCUT2D eigenvalue weighted by atomic mass is 10.1. The van der Waals surface area contributed by atoms with Gasteiger partial charge in [-0.3, -0.25) is 4.79 Å². The average Bonchev–Trinajstić information content (AvgIpc) is 2.68. The number of benzene rings is 3. The van der Waals surface area contributed by atoms with E-state index in [-0.39, 0.29) is 21.2 Å². The molecule has 0 bridgehead atoms. The second-order valence-corrected chi connectivity index (χ2v) is 7.21. The molecule has 3 aromatic carbocycles. The van der Waals surface area contributed by atoms with Crippen molar-refractivity contribution >= 4 is 40.8 Å². The van der Waals surface area contributed by atoms with Crippen molar-refractivity contribution in [2.45, 2.75) is 13.8 Å². The van der Waals surface area contributed by atoms with E-state index in [9.17, 15) is 14.7 Å². The maximum absolute atomic E-state index is 12.6. The Hall–Kier alpha value is -3.02. The number of amides is 1. The van der Waals surface area contributed by atoms with Crippen molar-refractivity contribution in [2.75, 3.05) is 5.32 Å². The van der Waals surface area contributed by atoms with E-state index >= 15 is 0 Å². The van der Waals surface area contributed by atoms with Crippen LogP contribution < -0.4 is 10.1 Å². The molecule has 1 amide bonds. The van der Waals surface area contributed by atoms with Gasteiger partial charge >= 0.3 is 5.97 Å². The highest BCUT2D eigenvalue weighted by molar-refractivity contribution is 6.42. The van der Waals surface area contributed by atoms with Crippen molar-refractivity contribution in [3.63, 3.8) is 0 Å². The van der Waals surface area contributed by atoms with E-state index < -0.39 is 11.9 Å². The summed E-state index contributed by atoms with van der Waals surface area (Å²) in [6.45, 7) is 3.99. The highest BCUT2D eigenvalue weighted by Crippen LogP contribution is 2.29. The zero-order chi connectivity index (χ0) is 21.1. The summed E-state index contributed by atoms with van der Waals surface area (Å²) in [5, 5.41) is 12.1. The number of hydrogen-bond donors (Lipinski definition) is 2. The van der Waals surface area contributed by atoms with Crippen LogP contribution >= 0.6 is 23.2 Å². The molecule has 0 atom stereocenters. The number of anilines is 1. The topological polar surface area (TPSA) is 75.6 Å². The van der Waals surface area contributed by atoms with E-state index in [0.717, 1.165) is 22.9 Å². The van der Waals surface area contributed by atoms with Gasteiger partial charge in [-0.05, 0) is 67.4 Å². The summed E-state index contributed by atoms with van der Waals surface area (Å²) >= 11 is 11.8. The Morgan fingerprint density at radius 3 is 2.17 bits per heavy atom. The molecular weight excluding hydrogens is 413 g/mol. The predicted molar refractivity (Wildman–Crippen MR) is 114 cm³/mol. The minimum atomic E-state index is -1.27. The molecule has 0 fully saturated rings. The smallest absolute Gasteiger partial charge is 0.336 e. The molecule has 3 rings (SSSR count). The number of aryl methyl sites for hydroxylation is 1. The fraction of sp³-hybridized carbons (Fsp3) is 0.0909. The van der Waals surface area contributed by atoms with Gasteiger partial charge in [-0.15, -0.1) is 0 Å². The van der Waals surface area contributed by atoms with E-state index in [1.54, 1.807) is 24.3 Å². The summed E-state index contributed by atoms with van der Waals surface area (Å²) in [6.07, 6.45) is 0. The number of carbonyl (C=O) groups excluding carboxylic acids is 1. The van der Waals surface area contributed by atoms with Crippen LogP contribution in [0.3, 0.4) is 0 Å². The van der Waals surface area contributed by atoms with E-state index in [1.165, 1.54) is 6.07 Å². The third kappa shape index (κ3) is 4.70. The van der Waals surface area contributed by atoms with Crippen LogP contribution in [-0.4, -0.2) is 17.0 Å². The first-order chi connectivity index (χ1) is 13.8. The Morgan fingerprint density at radius 2 is 1.55 bits per heavy atom. The summed E-state index contributed by atoms with van der Waals surface area (Å²) in [4.78, 5) is 24.0. The van der Waals surface area contributed by atoms with E-state index in [2.05, 4.69) is 5.32 Å². The van der Waals surface area contributed by atoms with Gasteiger partial charge in [0.1, 0.15) is 11.5 Å². The molecule has 0 aromatic heterocycles. The maximum atomic E-state index is 12.6. The van der Waals surface area contributed by atoms with Crippen molar-refractivity contribution in [3.8, 4) is 11.5 Å². The molecule has 0 saturated heterocycles. The molecule has 5 nitrogen and oxygen atoms in total. The molecule has 3 aromatic rings. The standard InChI is InChI=1S/C22H17Cl2NO4/c1-12-4-3-5-20(13(12)2)29-15-8-6-14(7-9-15)25-21(26)16-10-18(23)19(24)11-17(16)22(27)28/h3-11H,1-2H3,(H,25,26)(H,27,28). The van der Waals surface area contributed by atoms with Crippen molar-refractivity contribution in [3.05, 3.63) is 86.9 Å². The number of aromatic carboxylic acids is 1. The molecule has 2 N–H and O–H groups in total. The number of rotatable bonds is 5. The largest absolute Gasteiger partial charge is 0.478 e. The Morgan fingerprint density at radius 1 is 0.931 bits per heavy atom. The van der Waals surface area contributed by atoms with Gasteiger partial charge in [0, 0.05) is 5.69 Å². The molecule has 0 spiro atoms. The first kappa shape index (κ1) is 20.7. The second-order valence-electron chi connectivity index (χ2n) is 6.40. The Kier molecular flexibility index (Phi) is 6.11. The summed E-state index contributed by atoms with van der Waals surface area (Å²) in [5.74, 6) is -0.517. The second kappa shape index (κ2) is 8.55. The highest BCUT2D eigenvalue weighted by Gasteiger charge is 2.19. The number of hydrogen-bond acceptors (Lipinski definition) is 3. The van der Waals surface area contributed by atoms with Gasteiger partial charge in [0.05, 0.1) is 21.2 Å². The zero-order valence-corrected chi connectivity index (χ0v) is 17.1. The van der Waals surface area contributed by atoms with Crippen LogP contribution in [0.25, 0.3) is 0 Å². The summed E-state index contributed by atoms with van der Waals surface area (Å²) in [5.41, 5.74) is 2.34. The van der Waals surface area contributed by atoms with Crippen LogP contribution in [0.2, 0.25) is 10.0 Å². The SMILES string of the molecule is Cc1cccc(Oc2ccc(NC(=O)c3cc(Cl)c(Cl)cc3C(=O)O)cc2)c1C. The van der Waals surface area contributed by atoms with Gasteiger partial charge in [-0.1, -0.05) is 35.3 Å². The van der Waals surface area contributed by atoms with Crippen molar-refractivity contribution in [1.29, 1.82) is 0 Å². The summed E-state index contributed by atoms with van der Waals surface area (Å²) < 4.78 is 5.89. The Balaban J connectivity index is 1.78. The van der Waals surface area contributed by atoms with Gasteiger partial charge in [0.25, 0.3) is 5.91 Å². The van der Waals surface area contributed by atoms with Gasteiger partial charge in [0.2, 0.25) is 0 Å².